The number of hydrogen-bond donors (Lipinski definition) is 0. The van der Waals surface area contributed by atoms with Crippen LogP contribution in [0.1, 0.15) is 5.01 Å². The highest BCUT2D eigenvalue weighted by Gasteiger charge is 2.03. The van der Waals surface area contributed by atoms with Crippen LogP contribution in [-0.2, 0) is 6.42 Å². The first-order valence-corrected chi connectivity index (χ1v) is 6.64. The fraction of sp³-hybridized carbons (Fsp3) is 0.273. The van der Waals surface area contributed by atoms with Crippen molar-refractivity contribution in [2.24, 2.45) is 0 Å². The van der Waals surface area contributed by atoms with Crippen LogP contribution in [0.25, 0.3) is 0 Å². The summed E-state index contributed by atoms with van der Waals surface area (Å²) in [5, 5.41) is 3.18. The molecule has 0 aliphatic rings. The molecular weight excluding hydrogens is 286 g/mol. The first-order valence-electron chi connectivity index (χ1n) is 4.97. The number of hydrogen-bond acceptors (Lipinski definition) is 4. The van der Waals surface area contributed by atoms with Crippen LogP contribution in [-0.4, -0.2) is 23.6 Å². The van der Waals surface area contributed by atoms with Gasteiger partial charge >= 0.3 is 0 Å². The first kappa shape index (κ1) is 11.5. The van der Waals surface area contributed by atoms with Gasteiger partial charge in [0.2, 0.25) is 0 Å². The Balaban J connectivity index is 1.93. The lowest BCUT2D eigenvalue weighted by atomic mass is 10.4. The molecule has 0 radical (unpaired) electrons. The number of nitrogens with zero attached hydrogens (tertiary/aromatic N) is 3. The molecule has 2 aromatic rings. The number of rotatable bonds is 4. The van der Waals surface area contributed by atoms with Crippen molar-refractivity contribution in [3.8, 4) is 0 Å². The molecule has 0 unspecified atom stereocenters. The molecule has 0 amide bonds. The Labute approximate surface area is 107 Å². The minimum atomic E-state index is 0.933. The SMILES string of the molecule is CN(CCc1nccs1)c1ccc(Br)cn1. The quantitative estimate of drug-likeness (QED) is 0.869. The molecular formula is C11H12BrN3S. The summed E-state index contributed by atoms with van der Waals surface area (Å²) in [4.78, 5) is 10.7. The van der Waals surface area contributed by atoms with Gasteiger partial charge in [0, 0.05) is 42.3 Å². The van der Waals surface area contributed by atoms with Gasteiger partial charge in [0.25, 0.3) is 0 Å². The summed E-state index contributed by atoms with van der Waals surface area (Å²) in [5.41, 5.74) is 0. The Morgan fingerprint density at radius 3 is 2.88 bits per heavy atom. The predicted octanol–water partition coefficient (Wildman–Crippen LogP) is 2.98. The van der Waals surface area contributed by atoms with Crippen LogP contribution in [0, 0.1) is 0 Å². The third-order valence-electron chi connectivity index (χ3n) is 2.25. The summed E-state index contributed by atoms with van der Waals surface area (Å²) < 4.78 is 1.00. The van der Waals surface area contributed by atoms with Crippen LogP contribution < -0.4 is 4.90 Å². The normalized spacial score (nSPS) is 10.4. The monoisotopic (exact) mass is 297 g/mol. The average Bonchev–Trinajstić information content (AvgIpc) is 2.80. The fourth-order valence-electron chi connectivity index (χ4n) is 1.35. The maximum atomic E-state index is 4.34. The lowest BCUT2D eigenvalue weighted by Gasteiger charge is -2.17. The van der Waals surface area contributed by atoms with E-state index in [1.807, 2.05) is 37.0 Å². The van der Waals surface area contributed by atoms with Crippen LogP contribution in [0.2, 0.25) is 0 Å². The second-order valence-electron chi connectivity index (χ2n) is 3.43. The highest BCUT2D eigenvalue weighted by Crippen LogP contribution is 2.14. The predicted molar refractivity (Wildman–Crippen MR) is 71.0 cm³/mol. The fourth-order valence-corrected chi connectivity index (χ4v) is 2.19. The second-order valence-corrected chi connectivity index (χ2v) is 5.33. The molecule has 2 rings (SSSR count). The maximum absolute atomic E-state index is 4.34. The highest BCUT2D eigenvalue weighted by molar-refractivity contribution is 9.10. The van der Waals surface area contributed by atoms with E-state index in [2.05, 4.69) is 30.8 Å². The van der Waals surface area contributed by atoms with Crippen molar-refractivity contribution >= 4 is 33.1 Å². The van der Waals surface area contributed by atoms with Crippen molar-refractivity contribution in [2.45, 2.75) is 6.42 Å². The van der Waals surface area contributed by atoms with E-state index in [0.717, 1.165) is 23.3 Å². The summed E-state index contributed by atoms with van der Waals surface area (Å²) in [7, 11) is 2.05. The Kier molecular flexibility index (Phi) is 3.90. The third kappa shape index (κ3) is 3.02. The summed E-state index contributed by atoms with van der Waals surface area (Å²) in [6.45, 7) is 0.933. The highest BCUT2D eigenvalue weighted by atomic mass is 79.9. The Morgan fingerprint density at radius 1 is 1.38 bits per heavy atom. The molecule has 2 aromatic heterocycles. The van der Waals surface area contributed by atoms with Crippen LogP contribution >= 0.6 is 27.3 Å². The molecule has 0 saturated carbocycles. The molecule has 16 heavy (non-hydrogen) atoms. The smallest absolute Gasteiger partial charge is 0.128 e. The Hall–Kier alpha value is -0.940. The van der Waals surface area contributed by atoms with Gasteiger partial charge in [-0.2, -0.15) is 0 Å². The standard InChI is InChI=1S/C11H12BrN3S/c1-15(6-4-11-13-5-7-16-11)10-3-2-9(12)8-14-10/h2-3,5,7-8H,4,6H2,1H3. The van der Waals surface area contributed by atoms with E-state index >= 15 is 0 Å². The van der Waals surface area contributed by atoms with Crippen molar-refractivity contribution in [2.75, 3.05) is 18.5 Å². The van der Waals surface area contributed by atoms with Gasteiger partial charge in [-0.25, -0.2) is 9.97 Å². The van der Waals surface area contributed by atoms with Gasteiger partial charge in [-0.1, -0.05) is 0 Å². The number of likely N-dealkylation sites (N-methyl/N-ethyl adjacent to an activating group) is 1. The van der Waals surface area contributed by atoms with E-state index in [0.29, 0.717) is 0 Å². The molecule has 0 bridgehead atoms. The van der Waals surface area contributed by atoms with Gasteiger partial charge in [-0.05, 0) is 28.1 Å². The van der Waals surface area contributed by atoms with E-state index in [1.165, 1.54) is 5.01 Å². The summed E-state index contributed by atoms with van der Waals surface area (Å²) in [5.74, 6) is 0.986. The molecule has 0 atom stereocenters. The van der Waals surface area contributed by atoms with Crippen LogP contribution in [0.3, 0.4) is 0 Å². The first-order chi connectivity index (χ1) is 7.75. The van der Waals surface area contributed by atoms with Gasteiger partial charge in [-0.3, -0.25) is 0 Å². The van der Waals surface area contributed by atoms with Gasteiger partial charge in [0.05, 0.1) is 5.01 Å². The summed E-state index contributed by atoms with van der Waals surface area (Å²) >= 11 is 5.07. The molecule has 0 aliphatic carbocycles. The van der Waals surface area contributed by atoms with Crippen molar-refractivity contribution in [1.29, 1.82) is 0 Å². The van der Waals surface area contributed by atoms with Crippen LogP contribution in [0.15, 0.2) is 34.4 Å². The van der Waals surface area contributed by atoms with Crippen molar-refractivity contribution < 1.29 is 0 Å². The third-order valence-corrected chi connectivity index (χ3v) is 3.56. The second kappa shape index (κ2) is 5.41. The zero-order valence-corrected chi connectivity index (χ0v) is 11.3. The van der Waals surface area contributed by atoms with Gasteiger partial charge < -0.3 is 4.90 Å². The number of halogens is 1. The Morgan fingerprint density at radius 2 is 2.25 bits per heavy atom. The molecule has 84 valence electrons. The van der Waals surface area contributed by atoms with E-state index in [9.17, 15) is 0 Å². The number of aromatic nitrogens is 2. The molecule has 0 N–H and O–H groups in total. The number of anilines is 1. The molecule has 2 heterocycles. The number of pyridine rings is 1. The average molecular weight is 298 g/mol. The van der Waals surface area contributed by atoms with Crippen molar-refractivity contribution in [1.82, 2.24) is 9.97 Å². The van der Waals surface area contributed by atoms with E-state index in [-0.39, 0.29) is 0 Å². The van der Waals surface area contributed by atoms with Crippen LogP contribution in [0.5, 0.6) is 0 Å². The molecule has 0 spiro atoms. The van der Waals surface area contributed by atoms with Gasteiger partial charge in [0.15, 0.2) is 0 Å². The van der Waals surface area contributed by atoms with E-state index in [4.69, 9.17) is 0 Å². The lowest BCUT2D eigenvalue weighted by molar-refractivity contribution is 0.853. The van der Waals surface area contributed by atoms with E-state index < -0.39 is 0 Å². The summed E-state index contributed by atoms with van der Waals surface area (Å²) in [6.07, 6.45) is 4.62. The van der Waals surface area contributed by atoms with E-state index in [1.54, 1.807) is 11.3 Å². The molecule has 5 heteroatoms. The van der Waals surface area contributed by atoms with Gasteiger partial charge in [-0.15, -0.1) is 11.3 Å². The number of thiazole rings is 1. The zero-order chi connectivity index (χ0) is 11.4. The topological polar surface area (TPSA) is 29.0 Å². The molecule has 0 aliphatic heterocycles. The minimum Gasteiger partial charge on any atom is -0.359 e. The minimum absolute atomic E-state index is 0.933. The van der Waals surface area contributed by atoms with Crippen molar-refractivity contribution in [3.05, 3.63) is 39.4 Å². The summed E-state index contributed by atoms with van der Waals surface area (Å²) in [6, 6.07) is 4.01. The largest absolute Gasteiger partial charge is 0.359 e. The lowest BCUT2D eigenvalue weighted by Crippen LogP contribution is -2.21. The molecule has 0 fully saturated rings. The molecule has 0 aromatic carbocycles. The van der Waals surface area contributed by atoms with Gasteiger partial charge in [0.1, 0.15) is 5.82 Å². The Bertz CT molecular complexity index is 427. The molecule has 0 saturated heterocycles. The molecule has 3 nitrogen and oxygen atoms in total. The van der Waals surface area contributed by atoms with Crippen LogP contribution in [0.4, 0.5) is 5.82 Å². The van der Waals surface area contributed by atoms with Crippen molar-refractivity contribution in [3.63, 3.8) is 0 Å². The zero-order valence-electron chi connectivity index (χ0n) is 8.93. The maximum Gasteiger partial charge on any atom is 0.128 e.